The number of likely N-dealkylation sites (N-methyl/N-ethyl adjacent to an activating group) is 1. The number of rotatable bonds is 0. The molecule has 7 heteroatoms. The number of hydrogen-bond acceptors (Lipinski definition) is 2. The van der Waals surface area contributed by atoms with Crippen LogP contribution in [0.5, 0.6) is 0 Å². The monoisotopic (exact) mass is 309 g/mol. The zero-order valence-corrected chi connectivity index (χ0v) is 10.1. The number of fused-ring (bicyclic) bond motifs is 1. The van der Waals surface area contributed by atoms with Gasteiger partial charge >= 0.3 is 6.18 Å². The highest BCUT2D eigenvalue weighted by Crippen LogP contribution is 2.49. The van der Waals surface area contributed by atoms with Crippen LogP contribution in [-0.4, -0.2) is 24.2 Å². The van der Waals surface area contributed by atoms with Crippen LogP contribution < -0.4 is 4.90 Å². The number of anilines is 1. The van der Waals surface area contributed by atoms with E-state index in [2.05, 4.69) is 15.9 Å². The minimum absolute atomic E-state index is 0.0537. The molecule has 0 saturated carbocycles. The van der Waals surface area contributed by atoms with Gasteiger partial charge in [0.15, 0.2) is 0 Å². The molecule has 1 amide bonds. The maximum atomic E-state index is 12.9. The molecule has 0 spiro atoms. The first-order valence-corrected chi connectivity index (χ1v) is 5.36. The SMILES string of the molecule is CN1C(=O)C(O)(C(F)(F)F)c2cc(Br)ccc21. The largest absolute Gasteiger partial charge is 0.430 e. The summed E-state index contributed by atoms with van der Waals surface area (Å²) in [6.45, 7) is 0. The zero-order valence-electron chi connectivity index (χ0n) is 8.55. The summed E-state index contributed by atoms with van der Waals surface area (Å²) < 4.78 is 39.0. The van der Waals surface area contributed by atoms with Gasteiger partial charge < -0.3 is 10.0 Å². The van der Waals surface area contributed by atoms with Crippen molar-refractivity contribution in [3.05, 3.63) is 28.2 Å². The van der Waals surface area contributed by atoms with Crippen molar-refractivity contribution in [2.75, 3.05) is 11.9 Å². The third-order valence-corrected chi connectivity index (χ3v) is 3.23. The van der Waals surface area contributed by atoms with Gasteiger partial charge in [-0.25, -0.2) is 0 Å². The lowest BCUT2D eigenvalue weighted by molar-refractivity contribution is -0.253. The van der Waals surface area contributed by atoms with Crippen LogP contribution in [0.25, 0.3) is 0 Å². The van der Waals surface area contributed by atoms with E-state index < -0.39 is 23.2 Å². The standard InChI is InChI=1S/C10H7BrF3NO2/c1-15-7-3-2-5(11)4-6(7)9(17,8(15)16)10(12,13)14/h2-4,17H,1H3. The molecule has 0 fully saturated rings. The van der Waals surface area contributed by atoms with Gasteiger partial charge in [0.25, 0.3) is 11.5 Å². The van der Waals surface area contributed by atoms with Crippen molar-refractivity contribution in [3.63, 3.8) is 0 Å². The van der Waals surface area contributed by atoms with Crippen LogP contribution in [0.3, 0.4) is 0 Å². The highest BCUT2D eigenvalue weighted by molar-refractivity contribution is 9.10. The molecule has 1 atom stereocenters. The van der Waals surface area contributed by atoms with E-state index in [-0.39, 0.29) is 5.69 Å². The second-order valence-corrected chi connectivity index (χ2v) is 4.65. The lowest BCUT2D eigenvalue weighted by Gasteiger charge is -2.24. The van der Waals surface area contributed by atoms with Crippen molar-refractivity contribution in [2.24, 2.45) is 0 Å². The predicted octanol–water partition coefficient (Wildman–Crippen LogP) is 2.18. The highest BCUT2D eigenvalue weighted by Gasteiger charge is 2.66. The highest BCUT2D eigenvalue weighted by atomic mass is 79.9. The van der Waals surface area contributed by atoms with Crippen LogP contribution in [0.4, 0.5) is 18.9 Å². The summed E-state index contributed by atoms with van der Waals surface area (Å²) in [6, 6.07) is 3.95. The van der Waals surface area contributed by atoms with Crippen LogP contribution in [-0.2, 0) is 10.4 Å². The number of halogens is 4. The van der Waals surface area contributed by atoms with E-state index in [0.717, 1.165) is 11.0 Å². The van der Waals surface area contributed by atoms with E-state index in [1.807, 2.05) is 0 Å². The van der Waals surface area contributed by atoms with Gasteiger partial charge in [0.1, 0.15) is 0 Å². The van der Waals surface area contributed by atoms with Gasteiger partial charge in [0, 0.05) is 17.1 Å². The fourth-order valence-electron chi connectivity index (χ4n) is 1.83. The molecule has 92 valence electrons. The van der Waals surface area contributed by atoms with E-state index in [4.69, 9.17) is 0 Å². The smallest absolute Gasteiger partial charge is 0.368 e. The topological polar surface area (TPSA) is 40.5 Å². The number of amides is 1. The maximum absolute atomic E-state index is 12.9. The normalized spacial score (nSPS) is 24.1. The summed E-state index contributed by atoms with van der Waals surface area (Å²) in [6.07, 6.45) is -5.05. The first kappa shape index (κ1) is 12.4. The van der Waals surface area contributed by atoms with E-state index in [1.165, 1.54) is 19.2 Å². The molecule has 1 aliphatic heterocycles. The Hall–Kier alpha value is -1.08. The molecule has 1 N–H and O–H groups in total. The number of hydrogen-bond donors (Lipinski definition) is 1. The molecule has 1 aliphatic rings. The molecular formula is C10H7BrF3NO2. The second kappa shape index (κ2) is 3.46. The van der Waals surface area contributed by atoms with Crippen molar-refractivity contribution in [1.29, 1.82) is 0 Å². The van der Waals surface area contributed by atoms with E-state index >= 15 is 0 Å². The molecule has 0 aliphatic carbocycles. The summed E-state index contributed by atoms with van der Waals surface area (Å²) in [4.78, 5) is 12.4. The Morgan fingerprint density at radius 1 is 1.41 bits per heavy atom. The Kier molecular flexibility index (Phi) is 2.52. The first-order chi connectivity index (χ1) is 7.69. The minimum atomic E-state index is -5.05. The van der Waals surface area contributed by atoms with Gasteiger partial charge in [-0.05, 0) is 18.2 Å². The van der Waals surface area contributed by atoms with E-state index in [9.17, 15) is 23.1 Å². The molecule has 2 rings (SSSR count). The number of alkyl halides is 3. The maximum Gasteiger partial charge on any atom is 0.430 e. The molecule has 0 saturated heterocycles. The van der Waals surface area contributed by atoms with Gasteiger partial charge in [0.05, 0.1) is 5.69 Å². The third kappa shape index (κ3) is 1.49. The molecule has 0 aromatic heterocycles. The molecular weight excluding hydrogens is 303 g/mol. The first-order valence-electron chi connectivity index (χ1n) is 4.57. The fraction of sp³-hybridized carbons (Fsp3) is 0.300. The van der Waals surface area contributed by atoms with E-state index in [0.29, 0.717) is 4.47 Å². The number of nitrogens with zero attached hydrogens (tertiary/aromatic N) is 1. The molecule has 1 unspecified atom stereocenters. The fourth-order valence-corrected chi connectivity index (χ4v) is 2.19. The molecule has 1 aromatic carbocycles. The number of carbonyl (C=O) groups is 1. The van der Waals surface area contributed by atoms with Gasteiger partial charge in [-0.1, -0.05) is 15.9 Å². The molecule has 0 bridgehead atoms. The van der Waals surface area contributed by atoms with Crippen LogP contribution in [0.1, 0.15) is 5.56 Å². The average Bonchev–Trinajstić information content (AvgIpc) is 2.41. The number of aliphatic hydroxyl groups is 1. The summed E-state index contributed by atoms with van der Waals surface area (Å²) in [5.41, 5.74) is -3.86. The van der Waals surface area contributed by atoms with Crippen molar-refractivity contribution >= 4 is 27.5 Å². The Morgan fingerprint density at radius 3 is 2.53 bits per heavy atom. The Bertz CT molecular complexity index is 503. The Balaban J connectivity index is 2.74. The van der Waals surface area contributed by atoms with Crippen molar-refractivity contribution in [2.45, 2.75) is 11.8 Å². The number of benzene rings is 1. The predicted molar refractivity (Wildman–Crippen MR) is 57.5 cm³/mol. The average molecular weight is 310 g/mol. The van der Waals surface area contributed by atoms with Gasteiger partial charge in [-0.2, -0.15) is 13.2 Å². The summed E-state index contributed by atoms with van der Waals surface area (Å²) in [5, 5.41) is 9.71. The van der Waals surface area contributed by atoms with Gasteiger partial charge in [0.2, 0.25) is 0 Å². The lowest BCUT2D eigenvalue weighted by atomic mass is 9.95. The molecule has 3 nitrogen and oxygen atoms in total. The van der Waals surface area contributed by atoms with Crippen molar-refractivity contribution in [1.82, 2.24) is 0 Å². The van der Waals surface area contributed by atoms with Crippen molar-refractivity contribution in [3.8, 4) is 0 Å². The summed E-state index contributed by atoms with van der Waals surface area (Å²) in [7, 11) is 1.19. The van der Waals surface area contributed by atoms with Crippen LogP contribution >= 0.6 is 15.9 Å². The number of carbonyl (C=O) groups excluding carboxylic acids is 1. The Labute approximate surface area is 103 Å². The van der Waals surface area contributed by atoms with Gasteiger partial charge in [-0.3, -0.25) is 4.79 Å². The summed E-state index contributed by atoms with van der Waals surface area (Å²) >= 11 is 3.01. The zero-order chi connectivity index (χ0) is 13.0. The van der Waals surface area contributed by atoms with Gasteiger partial charge in [-0.15, -0.1) is 0 Å². The third-order valence-electron chi connectivity index (χ3n) is 2.73. The Morgan fingerprint density at radius 2 is 2.00 bits per heavy atom. The van der Waals surface area contributed by atoms with E-state index in [1.54, 1.807) is 0 Å². The van der Waals surface area contributed by atoms with Crippen LogP contribution in [0, 0.1) is 0 Å². The molecule has 1 aromatic rings. The molecule has 1 heterocycles. The quantitative estimate of drug-likeness (QED) is 0.798. The second-order valence-electron chi connectivity index (χ2n) is 3.73. The summed E-state index contributed by atoms with van der Waals surface area (Å²) in [5.74, 6) is -1.39. The van der Waals surface area contributed by atoms with Crippen LogP contribution in [0.15, 0.2) is 22.7 Å². The van der Waals surface area contributed by atoms with Crippen LogP contribution in [0.2, 0.25) is 0 Å². The van der Waals surface area contributed by atoms with Crippen molar-refractivity contribution < 1.29 is 23.1 Å². The molecule has 0 radical (unpaired) electrons. The molecule has 17 heavy (non-hydrogen) atoms. The lowest BCUT2D eigenvalue weighted by Crippen LogP contribution is -2.49. The minimum Gasteiger partial charge on any atom is -0.368 e.